The van der Waals surface area contributed by atoms with E-state index in [1.165, 1.54) is 11.8 Å². The van der Waals surface area contributed by atoms with Crippen molar-refractivity contribution in [2.45, 2.75) is 24.9 Å². The molecule has 2 unspecified atom stereocenters. The quantitative estimate of drug-likeness (QED) is 0.410. The first-order valence-electron chi connectivity index (χ1n) is 3.87. The zero-order chi connectivity index (χ0) is 9.84. The van der Waals surface area contributed by atoms with Crippen LogP contribution in [0.5, 0.6) is 0 Å². The average Bonchev–Trinajstić information content (AvgIpc) is 2.46. The van der Waals surface area contributed by atoms with Gasteiger partial charge in [0.15, 0.2) is 0 Å². The maximum Gasteiger partial charge on any atom is 0.333 e. The lowest BCUT2D eigenvalue weighted by Crippen LogP contribution is -2.25. The van der Waals surface area contributed by atoms with E-state index < -0.39 is 12.3 Å². The molecule has 0 saturated carbocycles. The zero-order valence-electron chi connectivity index (χ0n) is 7.19. The van der Waals surface area contributed by atoms with Crippen LogP contribution in [0.1, 0.15) is 13.3 Å². The first-order chi connectivity index (χ1) is 6.17. The van der Waals surface area contributed by atoms with E-state index in [1.807, 2.05) is 6.92 Å². The second kappa shape index (κ2) is 4.62. The summed E-state index contributed by atoms with van der Waals surface area (Å²) in [5, 5.41) is 0.108. The van der Waals surface area contributed by atoms with E-state index in [-0.39, 0.29) is 5.25 Å². The van der Waals surface area contributed by atoms with Crippen molar-refractivity contribution in [3.05, 3.63) is 12.7 Å². The molecule has 0 N–H and O–H groups in total. The highest BCUT2D eigenvalue weighted by atomic mass is 32.2. The summed E-state index contributed by atoms with van der Waals surface area (Å²) in [6, 6.07) is 0. The van der Waals surface area contributed by atoms with Crippen molar-refractivity contribution in [3.63, 3.8) is 0 Å². The molecule has 1 aliphatic heterocycles. The van der Waals surface area contributed by atoms with Gasteiger partial charge in [-0.05, 0) is 18.6 Å². The summed E-state index contributed by atoms with van der Waals surface area (Å²) in [6.45, 7) is 5.29. The molecule has 1 rings (SSSR count). The molecule has 13 heavy (non-hydrogen) atoms. The fraction of sp³-hybridized carbons (Fsp3) is 0.500. The molecule has 5 heteroatoms. The summed E-state index contributed by atoms with van der Waals surface area (Å²) >= 11 is 6.28. The summed E-state index contributed by atoms with van der Waals surface area (Å²) in [5.41, 5.74) is 0. The number of hydrogen-bond acceptors (Lipinski definition) is 5. The molecule has 0 aromatic heterocycles. The molecule has 0 spiro atoms. The smallest absolute Gasteiger partial charge is 0.333 e. The highest BCUT2D eigenvalue weighted by Crippen LogP contribution is 2.31. The molecule has 2 atom stereocenters. The normalized spacial score (nSPS) is 26.7. The van der Waals surface area contributed by atoms with E-state index in [4.69, 9.17) is 21.7 Å². The number of thioether (sulfide) groups is 1. The third kappa shape index (κ3) is 2.70. The lowest BCUT2D eigenvalue weighted by Gasteiger charge is -2.14. The Morgan fingerprint density at radius 3 is 3.15 bits per heavy atom. The molecule has 1 heterocycles. The Morgan fingerprint density at radius 1 is 1.92 bits per heavy atom. The predicted octanol–water partition coefficient (Wildman–Crippen LogP) is 1.87. The fourth-order valence-electron chi connectivity index (χ4n) is 0.916. The van der Waals surface area contributed by atoms with Crippen molar-refractivity contribution >= 4 is 34.3 Å². The zero-order valence-corrected chi connectivity index (χ0v) is 8.82. The number of thiocarbonyl (C=S) groups is 1. The number of ether oxygens (including phenoxy) is 2. The van der Waals surface area contributed by atoms with Gasteiger partial charge < -0.3 is 9.47 Å². The van der Waals surface area contributed by atoms with Gasteiger partial charge in [-0.2, -0.15) is 0 Å². The molecule has 0 aliphatic carbocycles. The van der Waals surface area contributed by atoms with Crippen LogP contribution in [0.25, 0.3) is 0 Å². The fourth-order valence-corrected chi connectivity index (χ4v) is 2.17. The minimum absolute atomic E-state index is 0.108. The standard InChI is InChI=1S/C8H10O3S2/c1-3-5-7(10-6(9)4-2)11-8(12)13-5/h4-5,7H,2-3H2,1H3. The molecule has 3 nitrogen and oxygen atoms in total. The lowest BCUT2D eigenvalue weighted by atomic mass is 10.3. The maximum atomic E-state index is 10.9. The van der Waals surface area contributed by atoms with Gasteiger partial charge in [0.25, 0.3) is 6.29 Å². The third-order valence-electron chi connectivity index (χ3n) is 1.56. The summed E-state index contributed by atoms with van der Waals surface area (Å²) in [6.07, 6.45) is 1.41. The van der Waals surface area contributed by atoms with Gasteiger partial charge in [0.05, 0.1) is 5.25 Å². The van der Waals surface area contributed by atoms with Gasteiger partial charge in [-0.3, -0.25) is 0 Å². The van der Waals surface area contributed by atoms with Crippen molar-refractivity contribution in [3.8, 4) is 0 Å². The van der Waals surface area contributed by atoms with Crippen molar-refractivity contribution in [1.29, 1.82) is 0 Å². The Balaban J connectivity index is 2.53. The Hall–Kier alpha value is -0.550. The van der Waals surface area contributed by atoms with Crippen LogP contribution in [0.15, 0.2) is 12.7 Å². The average molecular weight is 218 g/mol. The number of rotatable bonds is 3. The second-order valence-corrected chi connectivity index (χ2v) is 4.28. The molecule has 1 aliphatic rings. The molecule has 0 bridgehead atoms. The van der Waals surface area contributed by atoms with Gasteiger partial charge in [0.1, 0.15) is 0 Å². The Bertz CT molecular complexity index is 240. The Kier molecular flexibility index (Phi) is 3.74. The Labute approximate surface area is 86.5 Å². The lowest BCUT2D eigenvalue weighted by molar-refractivity contribution is -0.157. The third-order valence-corrected chi connectivity index (χ3v) is 3.10. The van der Waals surface area contributed by atoms with E-state index >= 15 is 0 Å². The number of hydrogen-bond donors (Lipinski definition) is 0. The molecule has 72 valence electrons. The highest BCUT2D eigenvalue weighted by Gasteiger charge is 2.34. The second-order valence-electron chi connectivity index (χ2n) is 2.44. The van der Waals surface area contributed by atoms with Crippen LogP contribution >= 0.6 is 24.0 Å². The number of carbonyl (C=O) groups excluding carboxylic acids is 1. The van der Waals surface area contributed by atoms with Gasteiger partial charge in [0.2, 0.25) is 4.38 Å². The molecule has 1 fully saturated rings. The number of esters is 1. The predicted molar refractivity (Wildman–Crippen MR) is 55.4 cm³/mol. The molecular weight excluding hydrogens is 208 g/mol. The molecular formula is C8H10O3S2. The molecule has 0 aromatic rings. The van der Waals surface area contributed by atoms with E-state index in [1.54, 1.807) is 0 Å². The summed E-state index contributed by atoms with van der Waals surface area (Å²) < 4.78 is 10.5. The SMILES string of the molecule is C=CC(=O)OC1OC(=S)SC1CC. The minimum Gasteiger partial charge on any atom is -0.437 e. The van der Waals surface area contributed by atoms with Crippen LogP contribution < -0.4 is 0 Å². The highest BCUT2D eigenvalue weighted by molar-refractivity contribution is 8.23. The van der Waals surface area contributed by atoms with Crippen LogP contribution in [-0.2, 0) is 14.3 Å². The molecule has 1 saturated heterocycles. The molecule has 0 aromatic carbocycles. The van der Waals surface area contributed by atoms with Gasteiger partial charge in [-0.1, -0.05) is 25.3 Å². The monoisotopic (exact) mass is 218 g/mol. The van der Waals surface area contributed by atoms with Crippen molar-refractivity contribution < 1.29 is 14.3 Å². The maximum absolute atomic E-state index is 10.9. The largest absolute Gasteiger partial charge is 0.437 e. The van der Waals surface area contributed by atoms with E-state index in [0.717, 1.165) is 12.5 Å². The van der Waals surface area contributed by atoms with Gasteiger partial charge in [-0.25, -0.2) is 4.79 Å². The van der Waals surface area contributed by atoms with E-state index in [9.17, 15) is 4.79 Å². The minimum atomic E-state index is -0.548. The summed E-state index contributed by atoms with van der Waals surface area (Å²) in [5.74, 6) is -0.478. The summed E-state index contributed by atoms with van der Waals surface area (Å²) in [4.78, 5) is 10.9. The van der Waals surface area contributed by atoms with Crippen molar-refractivity contribution in [2.75, 3.05) is 0 Å². The topological polar surface area (TPSA) is 35.5 Å². The van der Waals surface area contributed by atoms with Crippen LogP contribution in [0.4, 0.5) is 0 Å². The molecule has 0 amide bonds. The van der Waals surface area contributed by atoms with Gasteiger partial charge in [-0.15, -0.1) is 0 Å². The van der Waals surface area contributed by atoms with Gasteiger partial charge >= 0.3 is 5.97 Å². The summed E-state index contributed by atoms with van der Waals surface area (Å²) in [7, 11) is 0. The van der Waals surface area contributed by atoms with Crippen LogP contribution in [0, 0.1) is 0 Å². The first kappa shape index (κ1) is 10.5. The van der Waals surface area contributed by atoms with Gasteiger partial charge in [0, 0.05) is 6.08 Å². The van der Waals surface area contributed by atoms with Crippen LogP contribution in [0.2, 0.25) is 0 Å². The van der Waals surface area contributed by atoms with E-state index in [2.05, 4.69) is 6.58 Å². The number of carbonyl (C=O) groups is 1. The van der Waals surface area contributed by atoms with Crippen LogP contribution in [-0.4, -0.2) is 21.9 Å². The van der Waals surface area contributed by atoms with Crippen LogP contribution in [0.3, 0.4) is 0 Å². The van der Waals surface area contributed by atoms with Crippen molar-refractivity contribution in [2.24, 2.45) is 0 Å². The van der Waals surface area contributed by atoms with Crippen molar-refractivity contribution in [1.82, 2.24) is 0 Å². The Morgan fingerprint density at radius 2 is 2.62 bits per heavy atom. The van der Waals surface area contributed by atoms with E-state index in [0.29, 0.717) is 4.38 Å². The molecule has 0 radical (unpaired) electrons. The first-order valence-corrected chi connectivity index (χ1v) is 5.16.